The fraction of sp³-hybridized carbons (Fsp3) is 0.667. The van der Waals surface area contributed by atoms with E-state index in [1.54, 1.807) is 0 Å². The minimum absolute atomic E-state index is 0.101. The van der Waals surface area contributed by atoms with Gasteiger partial charge in [0, 0.05) is 19.5 Å². The quantitative estimate of drug-likeness (QED) is 0.0494. The highest BCUT2D eigenvalue weighted by molar-refractivity contribution is 6.11. The molecule has 0 fully saturated rings. The van der Waals surface area contributed by atoms with E-state index in [1.165, 1.54) is 0 Å². The number of rotatable bonds is 15. The molecule has 0 aromatic heterocycles. The van der Waals surface area contributed by atoms with E-state index in [0.717, 1.165) is 6.92 Å². The van der Waals surface area contributed by atoms with Crippen molar-refractivity contribution in [1.29, 1.82) is 0 Å². The number of aliphatic imine (C=N–C) groups is 2. The zero-order chi connectivity index (χ0) is 24.0. The van der Waals surface area contributed by atoms with Gasteiger partial charge in [0.1, 0.15) is 0 Å². The number of guanidine groups is 2. The number of carbonyl (C=O) groups excluding carboxylic acids is 4. The van der Waals surface area contributed by atoms with E-state index in [0.29, 0.717) is 17.6 Å². The smallest absolute Gasteiger partial charge is 0.247 e. The number of amides is 2. The Labute approximate surface area is 181 Å². The van der Waals surface area contributed by atoms with E-state index in [1.807, 2.05) is 0 Å². The average molecular weight is 442 g/mol. The summed E-state index contributed by atoms with van der Waals surface area (Å²) in [5.74, 6) is -2.48. The first-order valence-electron chi connectivity index (χ1n) is 9.94. The summed E-state index contributed by atoms with van der Waals surface area (Å²) in [5, 5.41) is 0. The minimum atomic E-state index is -2.01. The van der Waals surface area contributed by atoms with E-state index < -0.39 is 29.2 Å². The van der Waals surface area contributed by atoms with Crippen LogP contribution in [0.15, 0.2) is 9.98 Å². The number of hydrogen-bond acceptors (Lipinski definition) is 8. The number of Topliss-reactive ketones (excluding diaryl/α,β-unsaturated/α-hetero) is 1. The number of nitrogens with two attached hydrogens (primary N) is 6. The lowest BCUT2D eigenvalue weighted by Crippen LogP contribution is -2.63. The van der Waals surface area contributed by atoms with Gasteiger partial charge in [-0.1, -0.05) is 0 Å². The second kappa shape index (κ2) is 14.0. The molecule has 2 amide bonds. The first kappa shape index (κ1) is 27.9. The normalized spacial score (nSPS) is 13.4. The third kappa shape index (κ3) is 9.09. The van der Waals surface area contributed by atoms with Crippen LogP contribution in [0.5, 0.6) is 0 Å². The topological polar surface area (TPSA) is 252 Å². The van der Waals surface area contributed by atoms with Crippen molar-refractivity contribution in [1.82, 2.24) is 4.90 Å². The molecule has 0 aromatic carbocycles. The largest absolute Gasteiger partial charge is 0.370 e. The molecular weight excluding hydrogens is 406 g/mol. The van der Waals surface area contributed by atoms with Gasteiger partial charge in [0.25, 0.3) is 0 Å². The van der Waals surface area contributed by atoms with Gasteiger partial charge in [-0.25, -0.2) is 0 Å². The molecular formula is C18H35N9O4. The summed E-state index contributed by atoms with van der Waals surface area (Å²) in [7, 11) is 0. The van der Waals surface area contributed by atoms with Crippen molar-refractivity contribution in [2.24, 2.45) is 44.4 Å². The van der Waals surface area contributed by atoms with E-state index in [4.69, 9.17) is 34.4 Å². The Balaban J connectivity index is 5.82. The average Bonchev–Trinajstić information content (AvgIpc) is 2.70. The molecule has 0 radical (unpaired) electrons. The molecule has 0 aromatic rings. The summed E-state index contributed by atoms with van der Waals surface area (Å²) in [5.41, 5.74) is 30.5. The third-order valence-corrected chi connectivity index (χ3v) is 4.56. The Hall–Kier alpha value is -3.06. The maximum absolute atomic E-state index is 13.1. The lowest BCUT2D eigenvalue weighted by Gasteiger charge is -2.38. The Morgan fingerprint density at radius 3 is 2.00 bits per heavy atom. The summed E-state index contributed by atoms with van der Waals surface area (Å²) >= 11 is 0. The number of imide groups is 1. The molecule has 0 aliphatic heterocycles. The molecule has 0 saturated heterocycles. The summed E-state index contributed by atoms with van der Waals surface area (Å²) in [6, 6.07) is -1.15. The third-order valence-electron chi connectivity index (χ3n) is 4.56. The van der Waals surface area contributed by atoms with Gasteiger partial charge in [-0.3, -0.25) is 29.3 Å². The standard InChI is InChI=1S/C18H35N9O4/c1-12(29)18(11-28,7-4-10-26-17(23)24)27(14(30)6-2-8-19)15(31)13(20)5-3-9-25-16(21)22/h11,13H,2-10,19-20H2,1H3,(H4,21,22,25)(H4,23,24,26)/t13-,18-/m0/s1. The second-order valence-electron chi connectivity index (χ2n) is 7.02. The molecule has 0 unspecified atom stereocenters. The van der Waals surface area contributed by atoms with Gasteiger partial charge in [0.15, 0.2) is 29.5 Å². The molecule has 0 spiro atoms. The number of nitrogens with zero attached hydrogens (tertiary/aromatic N) is 3. The van der Waals surface area contributed by atoms with Gasteiger partial charge in [-0.15, -0.1) is 0 Å². The van der Waals surface area contributed by atoms with Gasteiger partial charge < -0.3 is 39.2 Å². The van der Waals surface area contributed by atoms with E-state index in [2.05, 4.69) is 9.98 Å². The summed E-state index contributed by atoms with van der Waals surface area (Å²) in [6.07, 6.45) is 0.955. The molecule has 0 bridgehead atoms. The van der Waals surface area contributed by atoms with E-state index in [-0.39, 0.29) is 63.7 Å². The van der Waals surface area contributed by atoms with Crippen LogP contribution in [-0.2, 0) is 19.2 Å². The summed E-state index contributed by atoms with van der Waals surface area (Å²) < 4.78 is 0. The maximum atomic E-state index is 13.1. The molecule has 31 heavy (non-hydrogen) atoms. The maximum Gasteiger partial charge on any atom is 0.247 e. The Morgan fingerprint density at radius 1 is 1.00 bits per heavy atom. The summed E-state index contributed by atoms with van der Waals surface area (Å²) in [6.45, 7) is 1.66. The molecule has 13 heteroatoms. The first-order chi connectivity index (χ1) is 14.5. The lowest BCUT2D eigenvalue weighted by molar-refractivity contribution is -0.161. The molecule has 0 saturated carbocycles. The highest BCUT2D eigenvalue weighted by Gasteiger charge is 2.47. The zero-order valence-corrected chi connectivity index (χ0v) is 18.0. The Kier molecular flexibility index (Phi) is 12.6. The van der Waals surface area contributed by atoms with Crippen LogP contribution in [0.2, 0.25) is 0 Å². The predicted octanol–water partition coefficient (Wildman–Crippen LogP) is -2.96. The van der Waals surface area contributed by atoms with E-state index >= 15 is 0 Å². The minimum Gasteiger partial charge on any atom is -0.370 e. The molecule has 0 aliphatic carbocycles. The fourth-order valence-electron chi connectivity index (χ4n) is 2.91. The van der Waals surface area contributed by atoms with Crippen LogP contribution in [-0.4, -0.2) is 71.9 Å². The van der Waals surface area contributed by atoms with Crippen molar-refractivity contribution >= 4 is 35.8 Å². The highest BCUT2D eigenvalue weighted by Crippen LogP contribution is 2.25. The Morgan fingerprint density at radius 2 is 1.55 bits per heavy atom. The number of hydrogen-bond donors (Lipinski definition) is 6. The molecule has 176 valence electrons. The zero-order valence-electron chi connectivity index (χ0n) is 18.0. The highest BCUT2D eigenvalue weighted by atomic mass is 16.2. The lowest BCUT2D eigenvalue weighted by atomic mass is 9.87. The van der Waals surface area contributed by atoms with Gasteiger partial charge in [0.05, 0.1) is 6.04 Å². The van der Waals surface area contributed by atoms with Crippen LogP contribution in [0.25, 0.3) is 0 Å². The second-order valence-corrected chi connectivity index (χ2v) is 7.02. The van der Waals surface area contributed by atoms with E-state index in [9.17, 15) is 19.2 Å². The SMILES string of the molecule is CC(=O)[C@@](C=O)(CCCN=C(N)N)N(C(=O)CCCN)C(=O)[C@@H](N)CCCN=C(N)N. The Bertz CT molecular complexity index is 688. The number of ketones is 1. The monoisotopic (exact) mass is 441 g/mol. The predicted molar refractivity (Wildman–Crippen MR) is 117 cm³/mol. The molecule has 0 aliphatic rings. The molecule has 2 atom stereocenters. The summed E-state index contributed by atoms with van der Waals surface area (Å²) in [4.78, 5) is 58.9. The molecule has 0 rings (SSSR count). The first-order valence-corrected chi connectivity index (χ1v) is 9.94. The van der Waals surface area contributed by atoms with Crippen LogP contribution < -0.4 is 34.4 Å². The van der Waals surface area contributed by atoms with Crippen molar-refractivity contribution in [2.45, 2.75) is 57.0 Å². The van der Waals surface area contributed by atoms with Gasteiger partial charge in [-0.2, -0.15) is 0 Å². The van der Waals surface area contributed by atoms with Crippen molar-refractivity contribution < 1.29 is 19.2 Å². The molecule has 12 N–H and O–H groups in total. The molecule has 0 heterocycles. The van der Waals surface area contributed by atoms with Gasteiger partial charge >= 0.3 is 0 Å². The van der Waals surface area contributed by atoms with Crippen LogP contribution in [0.3, 0.4) is 0 Å². The number of aldehydes is 1. The van der Waals surface area contributed by atoms with Gasteiger partial charge in [-0.05, 0) is 45.6 Å². The van der Waals surface area contributed by atoms with Crippen LogP contribution in [0.1, 0.15) is 45.4 Å². The van der Waals surface area contributed by atoms with Crippen molar-refractivity contribution in [3.63, 3.8) is 0 Å². The number of carbonyl (C=O) groups is 4. The van der Waals surface area contributed by atoms with Crippen molar-refractivity contribution in [2.75, 3.05) is 19.6 Å². The molecule has 13 nitrogen and oxygen atoms in total. The van der Waals surface area contributed by atoms with Gasteiger partial charge in [0.2, 0.25) is 11.8 Å². The van der Waals surface area contributed by atoms with Crippen molar-refractivity contribution in [3.05, 3.63) is 0 Å². The van der Waals surface area contributed by atoms with Crippen molar-refractivity contribution in [3.8, 4) is 0 Å². The fourth-order valence-corrected chi connectivity index (χ4v) is 2.91. The van der Waals surface area contributed by atoms with Crippen LogP contribution in [0.4, 0.5) is 0 Å². The van der Waals surface area contributed by atoms with Crippen LogP contribution in [0, 0.1) is 0 Å². The van der Waals surface area contributed by atoms with Crippen LogP contribution >= 0.6 is 0 Å².